The molecule has 0 bridgehead atoms. The van der Waals surface area contributed by atoms with Gasteiger partial charge < -0.3 is 5.21 Å². The Labute approximate surface area is 75.6 Å². The summed E-state index contributed by atoms with van der Waals surface area (Å²) in [4.78, 5) is 1.31. The van der Waals surface area contributed by atoms with Gasteiger partial charge in [0.25, 0.3) is 0 Å². The molecule has 4 nitrogen and oxygen atoms in total. The van der Waals surface area contributed by atoms with Gasteiger partial charge in [-0.2, -0.15) is 0 Å². The van der Waals surface area contributed by atoms with Crippen LogP contribution in [0.4, 0.5) is 5.69 Å². The Balaban J connectivity index is 2.29. The lowest BCUT2D eigenvalue weighted by molar-refractivity contribution is -0.835. The highest BCUT2D eigenvalue weighted by atomic mass is 16.5. The van der Waals surface area contributed by atoms with Crippen molar-refractivity contribution in [3.05, 3.63) is 54.0 Å². The highest BCUT2D eigenvalue weighted by Crippen LogP contribution is 1.97. The van der Waals surface area contributed by atoms with Gasteiger partial charge in [-0.3, -0.25) is 0 Å². The lowest BCUT2D eigenvalue weighted by Gasteiger charge is -2.19. The molecule has 1 atom stereocenters. The van der Waals surface area contributed by atoms with Crippen molar-refractivity contribution >= 4 is 5.69 Å². The van der Waals surface area contributed by atoms with E-state index in [1.807, 2.05) is 18.2 Å². The second-order valence-corrected chi connectivity index (χ2v) is 2.62. The number of nitrogens with zero attached hydrogens (tertiary/aromatic N) is 2. The van der Waals surface area contributed by atoms with Gasteiger partial charge >= 0.3 is 0 Å². The SMILES string of the molecule is [O-][NH+](c1ccccc1)n1cccn1. The second kappa shape index (κ2) is 3.38. The Hall–Kier alpha value is -1.65. The summed E-state index contributed by atoms with van der Waals surface area (Å²) in [5, 5.41) is 15.4. The molecule has 0 spiro atoms. The van der Waals surface area contributed by atoms with E-state index >= 15 is 0 Å². The average molecular weight is 175 g/mol. The summed E-state index contributed by atoms with van der Waals surface area (Å²) >= 11 is 0. The molecule has 4 heteroatoms. The van der Waals surface area contributed by atoms with Crippen LogP contribution in [0.25, 0.3) is 0 Å². The van der Waals surface area contributed by atoms with Crippen molar-refractivity contribution < 1.29 is 5.17 Å². The van der Waals surface area contributed by atoms with E-state index in [1.54, 1.807) is 30.6 Å². The summed E-state index contributed by atoms with van der Waals surface area (Å²) in [7, 11) is 0. The Kier molecular flexibility index (Phi) is 2.08. The number of hydrogen-bond donors (Lipinski definition) is 1. The van der Waals surface area contributed by atoms with Crippen LogP contribution in [0.15, 0.2) is 48.8 Å². The first-order chi connectivity index (χ1) is 6.38. The predicted octanol–water partition coefficient (Wildman–Crippen LogP) is 0.361. The minimum absolute atomic E-state index is 0.106. The molecular weight excluding hydrogens is 166 g/mol. The Morgan fingerprint density at radius 2 is 1.92 bits per heavy atom. The molecule has 0 amide bonds. The van der Waals surface area contributed by atoms with Crippen molar-refractivity contribution in [3.63, 3.8) is 0 Å². The lowest BCUT2D eigenvalue weighted by Crippen LogP contribution is -3.05. The normalized spacial score (nSPS) is 12.7. The van der Waals surface area contributed by atoms with Crippen LogP contribution in [-0.2, 0) is 0 Å². The van der Waals surface area contributed by atoms with Crippen molar-refractivity contribution in [1.29, 1.82) is 0 Å². The number of rotatable bonds is 2. The predicted molar refractivity (Wildman–Crippen MR) is 48.1 cm³/mol. The number of aromatic nitrogens is 2. The third-order valence-corrected chi connectivity index (χ3v) is 1.73. The zero-order chi connectivity index (χ0) is 9.10. The minimum Gasteiger partial charge on any atom is -0.601 e. The van der Waals surface area contributed by atoms with Crippen LogP contribution in [0, 0.1) is 5.21 Å². The van der Waals surface area contributed by atoms with Gasteiger partial charge in [0, 0.05) is 12.1 Å². The highest BCUT2D eigenvalue weighted by molar-refractivity contribution is 5.27. The fourth-order valence-corrected chi connectivity index (χ4v) is 1.10. The van der Waals surface area contributed by atoms with Crippen molar-refractivity contribution in [2.75, 3.05) is 0 Å². The summed E-state index contributed by atoms with van der Waals surface area (Å²) in [5.74, 6) is 0. The third-order valence-electron chi connectivity index (χ3n) is 1.73. The standard InChI is InChI=1S/C9H9N3O/c13-12(11-8-4-7-10-11)9-5-2-1-3-6-9/h1-8,12H. The van der Waals surface area contributed by atoms with Crippen LogP contribution < -0.4 is 5.17 Å². The maximum Gasteiger partial charge on any atom is 0.157 e. The first-order valence-corrected chi connectivity index (χ1v) is 3.97. The average Bonchev–Trinajstić information content (AvgIpc) is 2.71. The van der Waals surface area contributed by atoms with E-state index in [2.05, 4.69) is 5.10 Å². The zero-order valence-electron chi connectivity index (χ0n) is 6.92. The molecule has 1 unspecified atom stereocenters. The quantitative estimate of drug-likeness (QED) is 0.670. The van der Waals surface area contributed by atoms with Crippen molar-refractivity contribution in [2.24, 2.45) is 0 Å². The van der Waals surface area contributed by atoms with E-state index in [1.165, 1.54) is 4.79 Å². The van der Waals surface area contributed by atoms with Crippen molar-refractivity contribution in [1.82, 2.24) is 9.89 Å². The van der Waals surface area contributed by atoms with E-state index in [0.717, 1.165) is 0 Å². The van der Waals surface area contributed by atoms with E-state index in [9.17, 15) is 5.21 Å². The first kappa shape index (κ1) is 7.97. The molecule has 66 valence electrons. The van der Waals surface area contributed by atoms with Crippen LogP contribution in [0.1, 0.15) is 0 Å². The summed E-state index contributed by atoms with van der Waals surface area (Å²) < 4.78 is 0. The van der Waals surface area contributed by atoms with Gasteiger partial charge in [-0.05, 0) is 6.07 Å². The summed E-state index contributed by atoms with van der Waals surface area (Å²) in [5.41, 5.74) is 0.645. The lowest BCUT2D eigenvalue weighted by atomic mass is 10.3. The van der Waals surface area contributed by atoms with Crippen LogP contribution in [0.5, 0.6) is 0 Å². The Bertz CT molecular complexity index is 358. The molecule has 0 fully saturated rings. The van der Waals surface area contributed by atoms with E-state index < -0.39 is 0 Å². The van der Waals surface area contributed by atoms with Gasteiger partial charge in [-0.25, -0.2) is 5.17 Å². The Morgan fingerprint density at radius 1 is 1.15 bits per heavy atom. The molecular formula is C9H9N3O. The monoisotopic (exact) mass is 175 g/mol. The largest absolute Gasteiger partial charge is 0.601 e. The summed E-state index contributed by atoms with van der Waals surface area (Å²) in [6, 6.07) is 10.8. The molecule has 1 aromatic heterocycles. The molecule has 0 saturated heterocycles. The molecule has 0 saturated carbocycles. The maximum absolute atomic E-state index is 11.6. The smallest absolute Gasteiger partial charge is 0.157 e. The number of benzene rings is 1. The van der Waals surface area contributed by atoms with E-state index in [0.29, 0.717) is 5.69 Å². The van der Waals surface area contributed by atoms with Gasteiger partial charge in [0.1, 0.15) is 0 Å². The van der Waals surface area contributed by atoms with Gasteiger partial charge in [-0.1, -0.05) is 18.2 Å². The second-order valence-electron chi connectivity index (χ2n) is 2.62. The van der Waals surface area contributed by atoms with Crippen LogP contribution in [-0.4, -0.2) is 9.89 Å². The van der Waals surface area contributed by atoms with Gasteiger partial charge in [0.2, 0.25) is 0 Å². The molecule has 1 heterocycles. The number of nitrogens with one attached hydrogen (secondary N) is 1. The van der Waals surface area contributed by atoms with Gasteiger partial charge in [0.15, 0.2) is 5.69 Å². The summed E-state index contributed by atoms with van der Waals surface area (Å²) in [6.07, 6.45) is 3.22. The van der Waals surface area contributed by atoms with Gasteiger partial charge in [0.05, 0.1) is 12.4 Å². The molecule has 2 rings (SSSR count). The molecule has 0 aliphatic rings. The fraction of sp³-hybridized carbons (Fsp3) is 0. The third kappa shape index (κ3) is 1.58. The molecule has 1 aromatic carbocycles. The number of hydrogen-bond acceptors (Lipinski definition) is 2. The molecule has 0 aliphatic heterocycles. The fourth-order valence-electron chi connectivity index (χ4n) is 1.10. The van der Waals surface area contributed by atoms with Gasteiger partial charge in [-0.15, -0.1) is 9.89 Å². The first-order valence-electron chi connectivity index (χ1n) is 3.97. The number of quaternary nitrogens is 1. The maximum atomic E-state index is 11.6. The Morgan fingerprint density at radius 3 is 2.54 bits per heavy atom. The molecule has 1 N–H and O–H groups in total. The van der Waals surface area contributed by atoms with Crippen molar-refractivity contribution in [3.8, 4) is 0 Å². The highest BCUT2D eigenvalue weighted by Gasteiger charge is 2.02. The molecule has 0 radical (unpaired) electrons. The van der Waals surface area contributed by atoms with Crippen molar-refractivity contribution in [2.45, 2.75) is 0 Å². The topological polar surface area (TPSA) is 45.3 Å². The molecule has 0 aliphatic carbocycles. The summed E-state index contributed by atoms with van der Waals surface area (Å²) in [6.45, 7) is 0. The van der Waals surface area contributed by atoms with E-state index in [-0.39, 0.29) is 5.17 Å². The van der Waals surface area contributed by atoms with E-state index in [4.69, 9.17) is 0 Å². The molecule has 13 heavy (non-hydrogen) atoms. The van der Waals surface area contributed by atoms with Crippen LogP contribution in [0.2, 0.25) is 0 Å². The minimum atomic E-state index is -0.106. The van der Waals surface area contributed by atoms with Crippen LogP contribution in [0.3, 0.4) is 0 Å². The zero-order valence-corrected chi connectivity index (χ0v) is 6.92. The molecule has 2 aromatic rings. The van der Waals surface area contributed by atoms with Crippen LogP contribution >= 0.6 is 0 Å².